The molecule has 0 atom stereocenters. The Morgan fingerprint density at radius 3 is 2.41 bits per heavy atom. The molecule has 0 aliphatic rings. The van der Waals surface area contributed by atoms with Gasteiger partial charge < -0.3 is 16.9 Å². The van der Waals surface area contributed by atoms with Crippen LogP contribution in [0.15, 0.2) is 28.3 Å². The number of hydrazone groups is 1. The largest absolute Gasteiger partial charge is 0.341 e. The molecule has 0 aliphatic heterocycles. The SMILES string of the molecule is CC(C)(NC(=O)c1cc(Cl)cc(Cl)c1)/C(C=NCCN)=N/N. The van der Waals surface area contributed by atoms with E-state index in [0.29, 0.717) is 34.4 Å². The summed E-state index contributed by atoms with van der Waals surface area (Å²) in [5, 5.41) is 7.25. The number of halogens is 2. The Labute approximate surface area is 139 Å². The summed E-state index contributed by atoms with van der Waals surface area (Å²) < 4.78 is 0. The van der Waals surface area contributed by atoms with Gasteiger partial charge in [-0.1, -0.05) is 23.2 Å². The first-order valence-electron chi connectivity index (χ1n) is 6.57. The second-order valence-corrected chi connectivity index (χ2v) is 5.95. The number of nitrogens with zero attached hydrogens (tertiary/aromatic N) is 2. The second kappa shape index (κ2) is 8.12. The number of hydrogen-bond donors (Lipinski definition) is 3. The van der Waals surface area contributed by atoms with E-state index in [4.69, 9.17) is 34.8 Å². The van der Waals surface area contributed by atoms with Gasteiger partial charge in [0.05, 0.1) is 12.1 Å². The van der Waals surface area contributed by atoms with E-state index in [2.05, 4.69) is 15.4 Å². The molecule has 0 aromatic heterocycles. The minimum Gasteiger partial charge on any atom is -0.341 e. The zero-order chi connectivity index (χ0) is 16.8. The average Bonchev–Trinajstić information content (AvgIpc) is 2.41. The van der Waals surface area contributed by atoms with Crippen molar-refractivity contribution in [1.82, 2.24) is 5.32 Å². The summed E-state index contributed by atoms with van der Waals surface area (Å²) in [7, 11) is 0. The van der Waals surface area contributed by atoms with Crippen molar-refractivity contribution in [3.05, 3.63) is 33.8 Å². The smallest absolute Gasteiger partial charge is 0.252 e. The standard InChI is InChI=1S/C14H19Cl2N5O/c1-14(2,12(21-18)8-19-4-3-17)20-13(22)9-5-10(15)7-11(16)6-9/h5-8H,3-4,17-18H2,1-2H3,(H,20,22)/b19-8?,21-12+. The van der Waals surface area contributed by atoms with Gasteiger partial charge in [0.25, 0.3) is 5.91 Å². The van der Waals surface area contributed by atoms with Crippen molar-refractivity contribution in [2.75, 3.05) is 13.1 Å². The number of aliphatic imine (C=N–C) groups is 1. The number of nitrogens with one attached hydrogen (secondary N) is 1. The molecule has 0 aliphatic carbocycles. The Morgan fingerprint density at radius 2 is 1.91 bits per heavy atom. The predicted molar refractivity (Wildman–Crippen MR) is 92.0 cm³/mol. The highest BCUT2D eigenvalue weighted by Crippen LogP contribution is 2.19. The normalized spacial score (nSPS) is 12.7. The molecule has 22 heavy (non-hydrogen) atoms. The molecule has 1 aromatic rings. The lowest BCUT2D eigenvalue weighted by Crippen LogP contribution is -2.50. The third-order valence-electron chi connectivity index (χ3n) is 2.80. The van der Waals surface area contributed by atoms with Crippen LogP contribution in [-0.4, -0.2) is 36.5 Å². The van der Waals surface area contributed by atoms with E-state index in [-0.39, 0.29) is 5.91 Å². The maximum absolute atomic E-state index is 12.3. The van der Waals surface area contributed by atoms with E-state index in [1.807, 2.05) is 0 Å². The fraction of sp³-hybridized carbons (Fsp3) is 0.357. The third kappa shape index (κ3) is 5.29. The number of carbonyl (C=O) groups excluding carboxylic acids is 1. The van der Waals surface area contributed by atoms with E-state index >= 15 is 0 Å². The number of rotatable bonds is 6. The van der Waals surface area contributed by atoms with E-state index < -0.39 is 5.54 Å². The van der Waals surface area contributed by atoms with Crippen molar-refractivity contribution < 1.29 is 4.79 Å². The number of nitrogens with two attached hydrogens (primary N) is 2. The van der Waals surface area contributed by atoms with Crippen molar-refractivity contribution in [2.45, 2.75) is 19.4 Å². The van der Waals surface area contributed by atoms with Gasteiger partial charge in [0.2, 0.25) is 0 Å². The highest BCUT2D eigenvalue weighted by Gasteiger charge is 2.26. The molecule has 120 valence electrons. The molecule has 8 heteroatoms. The summed E-state index contributed by atoms with van der Waals surface area (Å²) in [5.74, 6) is 5.03. The molecule has 1 amide bonds. The first-order chi connectivity index (χ1) is 10.3. The quantitative estimate of drug-likeness (QED) is 0.416. The van der Waals surface area contributed by atoms with Crippen LogP contribution in [0, 0.1) is 0 Å². The highest BCUT2D eigenvalue weighted by molar-refractivity contribution is 6.36. The topological polar surface area (TPSA) is 106 Å². The lowest BCUT2D eigenvalue weighted by Gasteiger charge is -2.25. The van der Waals surface area contributed by atoms with E-state index in [1.54, 1.807) is 19.9 Å². The summed E-state index contributed by atoms with van der Waals surface area (Å²) >= 11 is 11.8. The molecule has 0 spiro atoms. The first-order valence-corrected chi connectivity index (χ1v) is 7.32. The second-order valence-electron chi connectivity index (χ2n) is 5.08. The fourth-order valence-corrected chi connectivity index (χ4v) is 2.21. The minimum atomic E-state index is -0.821. The Balaban J connectivity index is 2.92. The molecular formula is C14H19Cl2N5O. The van der Waals surface area contributed by atoms with Crippen molar-refractivity contribution in [3.63, 3.8) is 0 Å². The molecule has 5 N–H and O–H groups in total. The summed E-state index contributed by atoms with van der Waals surface area (Å²) in [6, 6.07) is 4.61. The van der Waals surface area contributed by atoms with Crippen molar-refractivity contribution in [3.8, 4) is 0 Å². The molecule has 0 bridgehead atoms. The van der Waals surface area contributed by atoms with Crippen LogP contribution in [0.3, 0.4) is 0 Å². The maximum atomic E-state index is 12.3. The van der Waals surface area contributed by atoms with E-state index in [0.717, 1.165) is 0 Å². The molecule has 0 radical (unpaired) electrons. The molecule has 0 fully saturated rings. The lowest BCUT2D eigenvalue weighted by atomic mass is 9.98. The predicted octanol–water partition coefficient (Wildman–Crippen LogP) is 1.85. The lowest BCUT2D eigenvalue weighted by molar-refractivity contribution is 0.0932. The van der Waals surface area contributed by atoms with Gasteiger partial charge in [-0.15, -0.1) is 0 Å². The fourth-order valence-electron chi connectivity index (χ4n) is 1.69. The van der Waals surface area contributed by atoms with Crippen molar-refractivity contribution in [2.24, 2.45) is 21.7 Å². The third-order valence-corrected chi connectivity index (χ3v) is 3.24. The Kier molecular flexibility index (Phi) is 6.80. The van der Waals surface area contributed by atoms with E-state index in [1.165, 1.54) is 18.3 Å². The van der Waals surface area contributed by atoms with Crippen LogP contribution in [-0.2, 0) is 0 Å². The molecule has 1 rings (SSSR count). The molecule has 6 nitrogen and oxygen atoms in total. The van der Waals surface area contributed by atoms with Crippen molar-refractivity contribution >= 4 is 41.0 Å². The van der Waals surface area contributed by atoms with E-state index in [9.17, 15) is 4.79 Å². The minimum absolute atomic E-state index is 0.345. The molecule has 0 heterocycles. The van der Waals surface area contributed by atoms with Crippen LogP contribution < -0.4 is 16.9 Å². The Morgan fingerprint density at radius 1 is 1.32 bits per heavy atom. The Hall–Kier alpha value is -1.63. The highest BCUT2D eigenvalue weighted by atomic mass is 35.5. The Bertz CT molecular complexity index is 579. The number of hydrogen-bond acceptors (Lipinski definition) is 5. The zero-order valence-corrected chi connectivity index (χ0v) is 13.9. The van der Waals surface area contributed by atoms with Gasteiger partial charge in [0.1, 0.15) is 5.71 Å². The zero-order valence-electron chi connectivity index (χ0n) is 12.4. The van der Waals surface area contributed by atoms with Gasteiger partial charge >= 0.3 is 0 Å². The molecule has 0 unspecified atom stereocenters. The number of amides is 1. The summed E-state index contributed by atoms with van der Waals surface area (Å²) in [6.07, 6.45) is 1.50. The first kappa shape index (κ1) is 18.4. The monoisotopic (exact) mass is 343 g/mol. The molecule has 1 aromatic carbocycles. The van der Waals surface area contributed by atoms with Gasteiger partial charge in [-0.05, 0) is 32.0 Å². The van der Waals surface area contributed by atoms with Gasteiger partial charge in [0, 0.05) is 28.4 Å². The maximum Gasteiger partial charge on any atom is 0.252 e. The van der Waals surface area contributed by atoms with Crippen LogP contribution in [0.1, 0.15) is 24.2 Å². The van der Waals surface area contributed by atoms with Gasteiger partial charge in [0.15, 0.2) is 0 Å². The summed E-state index contributed by atoms with van der Waals surface area (Å²) in [6.45, 7) is 4.39. The molecule has 0 saturated heterocycles. The molecular weight excluding hydrogens is 325 g/mol. The number of benzene rings is 1. The molecule has 0 saturated carbocycles. The van der Waals surface area contributed by atoms with Gasteiger partial charge in [-0.3, -0.25) is 9.79 Å². The summed E-state index contributed by atoms with van der Waals surface area (Å²) in [4.78, 5) is 16.4. The van der Waals surface area contributed by atoms with Gasteiger partial charge in [-0.2, -0.15) is 5.10 Å². The summed E-state index contributed by atoms with van der Waals surface area (Å²) in [5.41, 5.74) is 5.32. The van der Waals surface area contributed by atoms with Gasteiger partial charge in [-0.25, -0.2) is 0 Å². The van der Waals surface area contributed by atoms with Crippen LogP contribution >= 0.6 is 23.2 Å². The van der Waals surface area contributed by atoms with Crippen LogP contribution in [0.5, 0.6) is 0 Å². The average molecular weight is 344 g/mol. The van der Waals surface area contributed by atoms with Crippen LogP contribution in [0.2, 0.25) is 10.0 Å². The number of carbonyl (C=O) groups is 1. The van der Waals surface area contributed by atoms with Crippen LogP contribution in [0.25, 0.3) is 0 Å². The van der Waals surface area contributed by atoms with Crippen molar-refractivity contribution in [1.29, 1.82) is 0 Å². The van der Waals surface area contributed by atoms with Crippen LogP contribution in [0.4, 0.5) is 0 Å².